The predicted molar refractivity (Wildman–Crippen MR) is 68.8 cm³/mol. The van der Waals surface area contributed by atoms with Crippen molar-refractivity contribution in [1.29, 1.82) is 0 Å². The van der Waals surface area contributed by atoms with Crippen molar-refractivity contribution in [3.63, 3.8) is 0 Å². The minimum absolute atomic E-state index is 0.0948. The molecule has 3 nitrogen and oxygen atoms in total. The molecule has 0 aliphatic heterocycles. The first-order chi connectivity index (χ1) is 9.02. The number of nitrogens with zero attached hydrogens (tertiary/aromatic N) is 1. The zero-order chi connectivity index (χ0) is 14.0. The molecule has 6 heteroatoms. The molecule has 1 aromatic heterocycles. The predicted octanol–water partition coefficient (Wildman–Crippen LogP) is 4.01. The first-order valence-corrected chi connectivity index (χ1v) is 6.46. The third kappa shape index (κ3) is 2.78. The lowest BCUT2D eigenvalue weighted by atomic mass is 10.1. The van der Waals surface area contributed by atoms with Gasteiger partial charge in [0.05, 0.1) is 5.69 Å². The quantitative estimate of drug-likeness (QED) is 0.922. The van der Waals surface area contributed by atoms with E-state index >= 15 is 0 Å². The molecule has 19 heavy (non-hydrogen) atoms. The van der Waals surface area contributed by atoms with Gasteiger partial charge in [0.25, 0.3) is 6.43 Å². The summed E-state index contributed by atoms with van der Waals surface area (Å²) in [5.41, 5.74) is 0.905. The molecule has 0 bridgehead atoms. The van der Waals surface area contributed by atoms with Crippen LogP contribution in [-0.4, -0.2) is 16.1 Å². The van der Waals surface area contributed by atoms with Crippen molar-refractivity contribution in [1.82, 2.24) is 4.98 Å². The zero-order valence-electron chi connectivity index (χ0n) is 10.1. The standard InChI is InChI=1S/C13H11F2NO2S/c1-2-9-10(13(17)18)19-12(16-9)8-5-3-4-7(6-8)11(14)15/h3-6,11H,2H2,1H3,(H,17,18). The van der Waals surface area contributed by atoms with Crippen LogP contribution in [0.1, 0.15) is 34.3 Å². The minimum atomic E-state index is -2.55. The number of hydrogen-bond acceptors (Lipinski definition) is 3. The highest BCUT2D eigenvalue weighted by molar-refractivity contribution is 7.17. The summed E-state index contributed by atoms with van der Waals surface area (Å²) in [6, 6.07) is 5.84. The molecule has 0 aliphatic rings. The highest BCUT2D eigenvalue weighted by Gasteiger charge is 2.17. The Bertz CT molecular complexity index is 610. The minimum Gasteiger partial charge on any atom is -0.477 e. The summed E-state index contributed by atoms with van der Waals surface area (Å²) in [6.45, 7) is 1.81. The number of carboxylic acids is 1. The number of thiazole rings is 1. The molecule has 0 spiro atoms. The van der Waals surface area contributed by atoms with Gasteiger partial charge in [0.15, 0.2) is 0 Å². The highest BCUT2D eigenvalue weighted by atomic mass is 32.1. The number of halogens is 2. The van der Waals surface area contributed by atoms with Crippen molar-refractivity contribution in [3.8, 4) is 10.6 Å². The fourth-order valence-corrected chi connectivity index (χ4v) is 2.68. The average Bonchev–Trinajstić information content (AvgIpc) is 2.83. The van der Waals surface area contributed by atoms with E-state index in [1.54, 1.807) is 13.0 Å². The molecule has 0 fully saturated rings. The van der Waals surface area contributed by atoms with E-state index in [1.807, 2.05) is 0 Å². The number of hydrogen-bond donors (Lipinski definition) is 1. The van der Waals surface area contributed by atoms with Gasteiger partial charge in [0.1, 0.15) is 9.88 Å². The van der Waals surface area contributed by atoms with Crippen molar-refractivity contribution in [2.24, 2.45) is 0 Å². The number of rotatable bonds is 4. The smallest absolute Gasteiger partial charge is 0.347 e. The van der Waals surface area contributed by atoms with Crippen LogP contribution >= 0.6 is 11.3 Å². The normalized spacial score (nSPS) is 10.9. The van der Waals surface area contributed by atoms with Crippen molar-refractivity contribution in [2.75, 3.05) is 0 Å². The second kappa shape index (κ2) is 5.44. The number of carboxylic acid groups (broad SMARTS) is 1. The lowest BCUT2D eigenvalue weighted by Crippen LogP contribution is -1.97. The van der Waals surface area contributed by atoms with Crippen molar-refractivity contribution in [3.05, 3.63) is 40.4 Å². The van der Waals surface area contributed by atoms with E-state index in [1.165, 1.54) is 18.2 Å². The Kier molecular flexibility index (Phi) is 3.90. The lowest BCUT2D eigenvalue weighted by Gasteiger charge is -2.01. The van der Waals surface area contributed by atoms with Gasteiger partial charge in [-0.3, -0.25) is 0 Å². The first kappa shape index (κ1) is 13.6. The molecule has 0 amide bonds. The molecule has 0 radical (unpaired) electrons. The molecule has 2 aromatic rings. The molecule has 1 N–H and O–H groups in total. The zero-order valence-corrected chi connectivity index (χ0v) is 10.9. The molecule has 0 saturated carbocycles. The molecule has 0 aliphatic carbocycles. The van der Waals surface area contributed by atoms with Crippen molar-refractivity contribution in [2.45, 2.75) is 19.8 Å². The molecule has 1 heterocycles. The van der Waals surface area contributed by atoms with Gasteiger partial charge in [0, 0.05) is 11.1 Å². The van der Waals surface area contributed by atoms with Gasteiger partial charge in [-0.1, -0.05) is 25.1 Å². The van der Waals surface area contributed by atoms with Gasteiger partial charge in [0.2, 0.25) is 0 Å². The van der Waals surface area contributed by atoms with E-state index in [0.29, 0.717) is 22.7 Å². The highest BCUT2D eigenvalue weighted by Crippen LogP contribution is 2.31. The first-order valence-electron chi connectivity index (χ1n) is 5.64. The maximum absolute atomic E-state index is 12.6. The van der Waals surface area contributed by atoms with Gasteiger partial charge in [-0.15, -0.1) is 11.3 Å². The SMILES string of the molecule is CCc1nc(-c2cccc(C(F)F)c2)sc1C(=O)O. The number of aromatic carboxylic acids is 1. The van der Waals surface area contributed by atoms with Gasteiger partial charge < -0.3 is 5.11 Å². The molecule has 2 rings (SSSR count). The summed E-state index contributed by atoms with van der Waals surface area (Å²) >= 11 is 1.01. The Morgan fingerprint density at radius 2 is 2.21 bits per heavy atom. The second-order valence-electron chi connectivity index (χ2n) is 3.88. The summed E-state index contributed by atoms with van der Waals surface area (Å²) in [4.78, 5) is 15.4. The van der Waals surface area contributed by atoms with E-state index < -0.39 is 12.4 Å². The summed E-state index contributed by atoms with van der Waals surface area (Å²) in [6.07, 6.45) is -2.06. The number of alkyl halides is 2. The molecule has 0 saturated heterocycles. The summed E-state index contributed by atoms with van der Waals surface area (Å²) in [5, 5.41) is 9.51. The fourth-order valence-electron chi connectivity index (χ4n) is 1.69. The number of carbonyl (C=O) groups is 1. The van der Waals surface area contributed by atoms with Crippen LogP contribution in [0.5, 0.6) is 0 Å². The Morgan fingerprint density at radius 1 is 1.47 bits per heavy atom. The summed E-state index contributed by atoms with van der Waals surface area (Å²) < 4.78 is 25.3. The van der Waals surface area contributed by atoms with Gasteiger partial charge in [-0.2, -0.15) is 0 Å². The maximum Gasteiger partial charge on any atom is 0.347 e. The largest absolute Gasteiger partial charge is 0.477 e. The molecule has 100 valence electrons. The van der Waals surface area contributed by atoms with Gasteiger partial charge in [-0.05, 0) is 12.5 Å². The van der Waals surface area contributed by atoms with Crippen LogP contribution in [0.2, 0.25) is 0 Å². The van der Waals surface area contributed by atoms with E-state index in [2.05, 4.69) is 4.98 Å². The summed E-state index contributed by atoms with van der Waals surface area (Å²) in [5.74, 6) is -1.04. The Balaban J connectivity index is 2.47. The van der Waals surface area contributed by atoms with E-state index in [0.717, 1.165) is 11.3 Å². The fraction of sp³-hybridized carbons (Fsp3) is 0.231. The lowest BCUT2D eigenvalue weighted by molar-refractivity contribution is 0.0700. The number of benzene rings is 1. The van der Waals surface area contributed by atoms with E-state index in [9.17, 15) is 13.6 Å². The van der Waals surface area contributed by atoms with Crippen molar-refractivity contribution < 1.29 is 18.7 Å². The Hall–Kier alpha value is -1.82. The number of aryl methyl sites for hydroxylation is 1. The second-order valence-corrected chi connectivity index (χ2v) is 4.88. The molecule has 0 unspecified atom stereocenters. The van der Waals surface area contributed by atoms with Gasteiger partial charge in [-0.25, -0.2) is 18.6 Å². The Morgan fingerprint density at radius 3 is 2.74 bits per heavy atom. The van der Waals surface area contributed by atoms with Crippen LogP contribution in [0, 0.1) is 0 Å². The van der Waals surface area contributed by atoms with Crippen LogP contribution < -0.4 is 0 Å². The van der Waals surface area contributed by atoms with Crippen LogP contribution in [0.3, 0.4) is 0 Å². The monoisotopic (exact) mass is 283 g/mol. The molecular weight excluding hydrogens is 272 g/mol. The van der Waals surface area contributed by atoms with Crippen molar-refractivity contribution >= 4 is 17.3 Å². The third-order valence-electron chi connectivity index (χ3n) is 2.61. The van der Waals surface area contributed by atoms with Crippen LogP contribution in [0.4, 0.5) is 8.78 Å². The number of aromatic nitrogens is 1. The topological polar surface area (TPSA) is 50.2 Å². The van der Waals surface area contributed by atoms with Crippen LogP contribution in [0.25, 0.3) is 10.6 Å². The molecule has 1 aromatic carbocycles. The maximum atomic E-state index is 12.6. The van der Waals surface area contributed by atoms with E-state index in [4.69, 9.17) is 5.11 Å². The molecule has 0 atom stereocenters. The van der Waals surface area contributed by atoms with E-state index in [-0.39, 0.29) is 10.4 Å². The summed E-state index contributed by atoms with van der Waals surface area (Å²) in [7, 11) is 0. The average molecular weight is 283 g/mol. The Labute approximate surface area is 112 Å². The van der Waals surface area contributed by atoms with Gasteiger partial charge >= 0.3 is 5.97 Å². The van der Waals surface area contributed by atoms with Crippen LogP contribution in [-0.2, 0) is 6.42 Å². The third-order valence-corrected chi connectivity index (χ3v) is 3.75. The van der Waals surface area contributed by atoms with Crippen LogP contribution in [0.15, 0.2) is 24.3 Å². The molecular formula is C13H11F2NO2S.